The summed E-state index contributed by atoms with van der Waals surface area (Å²) in [6, 6.07) is 17.4. The van der Waals surface area contributed by atoms with Crippen molar-refractivity contribution in [3.63, 3.8) is 0 Å². The molecule has 0 heterocycles. The van der Waals surface area contributed by atoms with E-state index in [4.69, 9.17) is 9.47 Å². The number of para-hydroxylation sites is 1. The van der Waals surface area contributed by atoms with Gasteiger partial charge in [-0.2, -0.15) is 0 Å². The Kier molecular flexibility index (Phi) is 5.26. The molecule has 100 valence electrons. The molecule has 19 heavy (non-hydrogen) atoms. The molecule has 0 aromatic heterocycles. The molecular weight excluding hydrogens is 238 g/mol. The van der Waals surface area contributed by atoms with Crippen molar-refractivity contribution in [2.45, 2.75) is 6.92 Å². The second-order valence-electron chi connectivity index (χ2n) is 4.09. The van der Waals surface area contributed by atoms with Gasteiger partial charge >= 0.3 is 0 Å². The van der Waals surface area contributed by atoms with Crippen molar-refractivity contribution in [1.82, 2.24) is 5.32 Å². The number of hydrogen-bond acceptors (Lipinski definition) is 3. The van der Waals surface area contributed by atoms with E-state index in [1.165, 1.54) is 0 Å². The van der Waals surface area contributed by atoms with Crippen LogP contribution in [0.5, 0.6) is 17.2 Å². The highest BCUT2D eigenvalue weighted by Gasteiger charge is 1.99. The van der Waals surface area contributed by atoms with Gasteiger partial charge in [0.2, 0.25) is 0 Å². The van der Waals surface area contributed by atoms with Gasteiger partial charge < -0.3 is 14.8 Å². The molecule has 0 aliphatic rings. The fourth-order valence-electron chi connectivity index (χ4n) is 1.67. The Balaban J connectivity index is 1.91. The Hall–Kier alpha value is -2.00. The number of ether oxygens (including phenoxy) is 2. The Labute approximate surface area is 114 Å². The standard InChI is InChI=1S/C16H19NO2/c1-2-17-11-12-18-15-9-6-10-16(13-15)19-14-7-4-3-5-8-14/h3-10,13,17H,2,11-12H2,1H3. The molecule has 0 fully saturated rings. The zero-order valence-corrected chi connectivity index (χ0v) is 11.1. The summed E-state index contributed by atoms with van der Waals surface area (Å²) in [4.78, 5) is 0. The zero-order valence-electron chi connectivity index (χ0n) is 11.1. The Bertz CT molecular complexity index is 485. The van der Waals surface area contributed by atoms with Crippen molar-refractivity contribution >= 4 is 0 Å². The molecule has 0 spiro atoms. The van der Waals surface area contributed by atoms with Crippen LogP contribution in [0.1, 0.15) is 6.92 Å². The van der Waals surface area contributed by atoms with Crippen molar-refractivity contribution in [3.05, 3.63) is 54.6 Å². The monoisotopic (exact) mass is 257 g/mol. The summed E-state index contributed by atoms with van der Waals surface area (Å²) in [5, 5.41) is 3.22. The lowest BCUT2D eigenvalue weighted by Crippen LogP contribution is -2.20. The first kappa shape index (κ1) is 13.4. The lowest BCUT2D eigenvalue weighted by atomic mass is 10.3. The molecule has 0 amide bonds. The van der Waals surface area contributed by atoms with E-state index in [0.29, 0.717) is 6.61 Å². The third-order valence-corrected chi connectivity index (χ3v) is 2.58. The van der Waals surface area contributed by atoms with Gasteiger partial charge in [-0.05, 0) is 30.8 Å². The lowest BCUT2D eigenvalue weighted by molar-refractivity contribution is 0.314. The minimum absolute atomic E-state index is 0.655. The molecule has 2 aromatic carbocycles. The van der Waals surface area contributed by atoms with E-state index in [1.54, 1.807) is 0 Å². The summed E-state index contributed by atoms with van der Waals surface area (Å²) in [5.74, 6) is 2.44. The normalized spacial score (nSPS) is 10.2. The first-order chi connectivity index (χ1) is 9.38. The average molecular weight is 257 g/mol. The van der Waals surface area contributed by atoms with Crippen molar-refractivity contribution in [1.29, 1.82) is 0 Å². The van der Waals surface area contributed by atoms with Gasteiger partial charge in [0.05, 0.1) is 0 Å². The van der Waals surface area contributed by atoms with Crippen molar-refractivity contribution < 1.29 is 9.47 Å². The van der Waals surface area contributed by atoms with Gasteiger partial charge in [0.1, 0.15) is 23.9 Å². The molecule has 0 atom stereocenters. The van der Waals surface area contributed by atoms with Gasteiger partial charge in [0, 0.05) is 12.6 Å². The molecule has 0 bridgehead atoms. The Morgan fingerprint density at radius 1 is 0.895 bits per heavy atom. The van der Waals surface area contributed by atoms with E-state index < -0.39 is 0 Å². The second kappa shape index (κ2) is 7.44. The summed E-state index contributed by atoms with van der Waals surface area (Å²) >= 11 is 0. The van der Waals surface area contributed by atoms with Crippen LogP contribution in [0.25, 0.3) is 0 Å². The van der Waals surface area contributed by atoms with Crippen molar-refractivity contribution in [3.8, 4) is 17.2 Å². The molecule has 2 rings (SSSR count). The number of benzene rings is 2. The predicted molar refractivity (Wildman–Crippen MR) is 77.0 cm³/mol. The van der Waals surface area contributed by atoms with Crippen LogP contribution < -0.4 is 14.8 Å². The molecule has 0 aliphatic heterocycles. The van der Waals surface area contributed by atoms with Gasteiger partial charge in [-0.15, -0.1) is 0 Å². The summed E-state index contributed by atoms with van der Waals surface area (Å²) in [6.07, 6.45) is 0. The molecule has 0 saturated carbocycles. The van der Waals surface area contributed by atoms with Crippen LogP contribution in [-0.4, -0.2) is 19.7 Å². The van der Waals surface area contributed by atoms with E-state index >= 15 is 0 Å². The fourth-order valence-corrected chi connectivity index (χ4v) is 1.67. The highest BCUT2D eigenvalue weighted by Crippen LogP contribution is 2.24. The molecule has 0 aliphatic carbocycles. The maximum atomic E-state index is 5.75. The third-order valence-electron chi connectivity index (χ3n) is 2.58. The highest BCUT2D eigenvalue weighted by molar-refractivity contribution is 5.36. The molecule has 0 saturated heterocycles. The Morgan fingerprint density at radius 2 is 1.63 bits per heavy atom. The molecule has 0 unspecified atom stereocenters. The molecule has 3 nitrogen and oxygen atoms in total. The third kappa shape index (κ3) is 4.64. The smallest absolute Gasteiger partial charge is 0.131 e. The van der Waals surface area contributed by atoms with Crippen LogP contribution in [0.2, 0.25) is 0 Å². The van der Waals surface area contributed by atoms with Crippen LogP contribution in [0.15, 0.2) is 54.6 Å². The maximum absolute atomic E-state index is 5.75. The number of likely N-dealkylation sites (N-methyl/N-ethyl adjacent to an activating group) is 1. The fraction of sp³-hybridized carbons (Fsp3) is 0.250. The summed E-state index contributed by atoms with van der Waals surface area (Å²) in [7, 11) is 0. The minimum Gasteiger partial charge on any atom is -0.492 e. The van der Waals surface area contributed by atoms with Crippen LogP contribution in [0.4, 0.5) is 0 Å². The second-order valence-corrected chi connectivity index (χ2v) is 4.09. The Morgan fingerprint density at radius 3 is 2.42 bits per heavy atom. The summed E-state index contributed by atoms with van der Waals surface area (Å²) in [6.45, 7) is 4.54. The number of nitrogens with one attached hydrogen (secondary N) is 1. The SMILES string of the molecule is CCNCCOc1cccc(Oc2ccccc2)c1. The van der Waals surface area contributed by atoms with Gasteiger partial charge in [0.15, 0.2) is 0 Å². The predicted octanol–water partition coefficient (Wildman–Crippen LogP) is 3.47. The van der Waals surface area contributed by atoms with Crippen LogP contribution in [0, 0.1) is 0 Å². The van der Waals surface area contributed by atoms with Gasteiger partial charge in [-0.1, -0.05) is 31.2 Å². The summed E-state index contributed by atoms with van der Waals surface area (Å²) in [5.41, 5.74) is 0. The largest absolute Gasteiger partial charge is 0.492 e. The first-order valence-corrected chi connectivity index (χ1v) is 6.55. The van der Waals surface area contributed by atoms with E-state index in [2.05, 4.69) is 12.2 Å². The molecule has 0 radical (unpaired) electrons. The lowest BCUT2D eigenvalue weighted by Gasteiger charge is -2.09. The van der Waals surface area contributed by atoms with E-state index in [1.807, 2.05) is 54.6 Å². The molecule has 1 N–H and O–H groups in total. The summed E-state index contributed by atoms with van der Waals surface area (Å²) < 4.78 is 11.4. The zero-order chi connectivity index (χ0) is 13.3. The van der Waals surface area contributed by atoms with Crippen molar-refractivity contribution in [2.75, 3.05) is 19.7 Å². The van der Waals surface area contributed by atoms with Gasteiger partial charge in [-0.25, -0.2) is 0 Å². The van der Waals surface area contributed by atoms with E-state index in [0.717, 1.165) is 30.3 Å². The highest BCUT2D eigenvalue weighted by atomic mass is 16.5. The first-order valence-electron chi connectivity index (χ1n) is 6.55. The topological polar surface area (TPSA) is 30.5 Å². The minimum atomic E-state index is 0.655. The molecule has 2 aromatic rings. The van der Waals surface area contributed by atoms with Crippen molar-refractivity contribution in [2.24, 2.45) is 0 Å². The van der Waals surface area contributed by atoms with Crippen LogP contribution in [0.3, 0.4) is 0 Å². The van der Waals surface area contributed by atoms with Crippen LogP contribution in [-0.2, 0) is 0 Å². The number of hydrogen-bond donors (Lipinski definition) is 1. The average Bonchev–Trinajstić information content (AvgIpc) is 2.45. The van der Waals surface area contributed by atoms with Crippen LogP contribution >= 0.6 is 0 Å². The van der Waals surface area contributed by atoms with E-state index in [-0.39, 0.29) is 0 Å². The maximum Gasteiger partial charge on any atom is 0.131 e. The molecular formula is C16H19NO2. The van der Waals surface area contributed by atoms with E-state index in [9.17, 15) is 0 Å². The number of rotatable bonds is 7. The van der Waals surface area contributed by atoms with Gasteiger partial charge in [0.25, 0.3) is 0 Å². The molecule has 3 heteroatoms. The quantitative estimate of drug-likeness (QED) is 0.770. The van der Waals surface area contributed by atoms with Gasteiger partial charge in [-0.3, -0.25) is 0 Å².